The van der Waals surface area contributed by atoms with Crippen molar-refractivity contribution in [3.63, 3.8) is 0 Å². The third-order valence-electron chi connectivity index (χ3n) is 4.73. The molecule has 0 spiro atoms. The monoisotopic (exact) mass is 355 g/mol. The number of halogens is 1. The highest BCUT2D eigenvalue weighted by atomic mass is 19.1. The molecule has 0 aliphatic carbocycles. The van der Waals surface area contributed by atoms with Crippen molar-refractivity contribution >= 4 is 11.7 Å². The lowest BCUT2D eigenvalue weighted by Gasteiger charge is -2.31. The number of piperidine rings is 1. The highest BCUT2D eigenvalue weighted by molar-refractivity contribution is 5.98. The number of benzene rings is 2. The van der Waals surface area contributed by atoms with Crippen molar-refractivity contribution in [2.45, 2.75) is 19.8 Å². The van der Waals surface area contributed by atoms with Crippen LogP contribution in [0.2, 0.25) is 0 Å². The number of rotatable bonds is 5. The van der Waals surface area contributed by atoms with Gasteiger partial charge in [-0.25, -0.2) is 4.39 Å². The summed E-state index contributed by atoms with van der Waals surface area (Å²) < 4.78 is 18.5. The lowest BCUT2D eigenvalue weighted by atomic mass is 9.89. The fourth-order valence-electron chi connectivity index (χ4n) is 3.11. The molecule has 0 saturated carbocycles. The van der Waals surface area contributed by atoms with Gasteiger partial charge in [-0.3, -0.25) is 9.59 Å². The summed E-state index contributed by atoms with van der Waals surface area (Å²) in [5.74, 6) is 0.148. The first kappa shape index (κ1) is 18.1. The number of nitrogens with zero attached hydrogens (tertiary/aromatic N) is 1. The summed E-state index contributed by atoms with van der Waals surface area (Å²) in [6, 6.07) is 13.2. The molecule has 0 unspecified atom stereocenters. The van der Waals surface area contributed by atoms with Crippen molar-refractivity contribution in [3.05, 3.63) is 65.5 Å². The van der Waals surface area contributed by atoms with Gasteiger partial charge in [-0.2, -0.15) is 0 Å². The van der Waals surface area contributed by atoms with Crippen LogP contribution in [0.4, 0.5) is 4.39 Å². The zero-order chi connectivity index (χ0) is 18.5. The van der Waals surface area contributed by atoms with Gasteiger partial charge in [0.15, 0.2) is 12.4 Å². The molecule has 3 rings (SSSR count). The third-order valence-corrected chi connectivity index (χ3v) is 4.73. The number of Topliss-reactive ketones (excluding diaryl/α,β-unsaturated/α-hetero) is 1. The lowest BCUT2D eigenvalue weighted by Crippen LogP contribution is -2.42. The molecule has 0 N–H and O–H groups in total. The highest BCUT2D eigenvalue weighted by Gasteiger charge is 2.28. The Morgan fingerprint density at radius 2 is 1.65 bits per heavy atom. The van der Waals surface area contributed by atoms with Crippen LogP contribution >= 0.6 is 0 Å². The molecule has 0 bridgehead atoms. The van der Waals surface area contributed by atoms with E-state index in [2.05, 4.69) is 0 Å². The molecule has 1 fully saturated rings. The Morgan fingerprint density at radius 1 is 1.04 bits per heavy atom. The standard InChI is InChI=1S/C21H22FNO3/c1-15-2-8-19(9-3-15)26-14-20(24)23-12-10-17(11-13-23)21(25)16-4-6-18(22)7-5-16/h2-9,17H,10-14H2,1H3. The highest BCUT2D eigenvalue weighted by Crippen LogP contribution is 2.22. The van der Waals surface area contributed by atoms with E-state index in [4.69, 9.17) is 4.74 Å². The van der Waals surface area contributed by atoms with Crippen molar-refractivity contribution in [1.29, 1.82) is 0 Å². The van der Waals surface area contributed by atoms with E-state index >= 15 is 0 Å². The van der Waals surface area contributed by atoms with Gasteiger partial charge in [-0.15, -0.1) is 0 Å². The second kappa shape index (κ2) is 8.13. The average Bonchev–Trinajstić information content (AvgIpc) is 2.67. The minimum Gasteiger partial charge on any atom is -0.484 e. The average molecular weight is 355 g/mol. The third kappa shape index (κ3) is 4.48. The minimum absolute atomic E-state index is 0.000361. The molecule has 1 aliphatic heterocycles. The Morgan fingerprint density at radius 3 is 2.27 bits per heavy atom. The van der Waals surface area contributed by atoms with Crippen LogP contribution in [0.15, 0.2) is 48.5 Å². The van der Waals surface area contributed by atoms with Gasteiger partial charge < -0.3 is 9.64 Å². The smallest absolute Gasteiger partial charge is 0.260 e. The number of amides is 1. The van der Waals surface area contributed by atoms with Crippen LogP contribution in [0, 0.1) is 18.7 Å². The predicted octanol–water partition coefficient (Wildman–Crippen LogP) is 3.63. The Balaban J connectivity index is 1.48. The molecule has 2 aromatic rings. The van der Waals surface area contributed by atoms with Crippen molar-refractivity contribution in [1.82, 2.24) is 4.90 Å². The summed E-state index contributed by atoms with van der Waals surface area (Å²) in [4.78, 5) is 26.5. The SMILES string of the molecule is Cc1ccc(OCC(=O)N2CCC(C(=O)c3ccc(F)cc3)CC2)cc1. The van der Waals surface area contributed by atoms with E-state index in [1.807, 2.05) is 31.2 Å². The number of carbonyl (C=O) groups excluding carboxylic acids is 2. The largest absolute Gasteiger partial charge is 0.484 e. The van der Waals surface area contributed by atoms with Crippen LogP contribution in [0.5, 0.6) is 5.75 Å². The molecule has 0 atom stereocenters. The second-order valence-corrected chi connectivity index (χ2v) is 6.63. The minimum atomic E-state index is -0.351. The van der Waals surface area contributed by atoms with Crippen molar-refractivity contribution in [2.24, 2.45) is 5.92 Å². The molecule has 1 amide bonds. The maximum Gasteiger partial charge on any atom is 0.260 e. The number of likely N-dealkylation sites (tertiary alicyclic amines) is 1. The Bertz CT molecular complexity index is 763. The predicted molar refractivity (Wildman–Crippen MR) is 96.7 cm³/mol. The van der Waals surface area contributed by atoms with Gasteiger partial charge in [0.25, 0.3) is 5.91 Å². The zero-order valence-corrected chi connectivity index (χ0v) is 14.8. The molecule has 0 radical (unpaired) electrons. The fourth-order valence-corrected chi connectivity index (χ4v) is 3.11. The Kier molecular flexibility index (Phi) is 5.66. The van der Waals surface area contributed by atoms with Gasteiger partial charge in [0.1, 0.15) is 11.6 Å². The quantitative estimate of drug-likeness (QED) is 0.770. The van der Waals surface area contributed by atoms with E-state index in [0.29, 0.717) is 37.2 Å². The van der Waals surface area contributed by atoms with E-state index in [1.165, 1.54) is 24.3 Å². The number of ketones is 1. The van der Waals surface area contributed by atoms with Gasteiger partial charge in [-0.05, 0) is 56.2 Å². The van der Waals surface area contributed by atoms with Crippen LogP contribution in [0.1, 0.15) is 28.8 Å². The van der Waals surface area contributed by atoms with Crippen LogP contribution < -0.4 is 4.74 Å². The summed E-state index contributed by atoms with van der Waals surface area (Å²) in [5.41, 5.74) is 1.66. The number of hydrogen-bond donors (Lipinski definition) is 0. The lowest BCUT2D eigenvalue weighted by molar-refractivity contribution is -0.134. The molecule has 1 aliphatic rings. The summed E-state index contributed by atoms with van der Waals surface area (Å²) in [6.45, 7) is 3.06. The van der Waals surface area contributed by atoms with Crippen LogP contribution in [0.3, 0.4) is 0 Å². The van der Waals surface area contributed by atoms with Gasteiger partial charge >= 0.3 is 0 Å². The van der Waals surface area contributed by atoms with Crippen molar-refractivity contribution in [3.8, 4) is 5.75 Å². The molecule has 4 nitrogen and oxygen atoms in total. The van der Waals surface area contributed by atoms with Gasteiger partial charge in [-0.1, -0.05) is 17.7 Å². The summed E-state index contributed by atoms with van der Waals surface area (Å²) in [6.07, 6.45) is 1.24. The molecular weight excluding hydrogens is 333 g/mol. The van der Waals surface area contributed by atoms with Gasteiger partial charge in [0.05, 0.1) is 0 Å². The molecular formula is C21H22FNO3. The Hall–Kier alpha value is -2.69. The zero-order valence-electron chi connectivity index (χ0n) is 14.8. The van der Waals surface area contributed by atoms with Crippen LogP contribution in [0.25, 0.3) is 0 Å². The van der Waals surface area contributed by atoms with Crippen LogP contribution in [-0.4, -0.2) is 36.3 Å². The molecule has 2 aromatic carbocycles. The normalized spacial score (nSPS) is 14.9. The first-order chi connectivity index (χ1) is 12.5. The topological polar surface area (TPSA) is 46.6 Å². The van der Waals surface area contributed by atoms with E-state index in [9.17, 15) is 14.0 Å². The first-order valence-corrected chi connectivity index (χ1v) is 8.80. The van der Waals surface area contributed by atoms with E-state index in [0.717, 1.165) is 5.56 Å². The summed E-state index contributed by atoms with van der Waals surface area (Å²) >= 11 is 0. The number of carbonyl (C=O) groups is 2. The molecule has 0 aromatic heterocycles. The first-order valence-electron chi connectivity index (χ1n) is 8.80. The molecule has 1 heterocycles. The van der Waals surface area contributed by atoms with E-state index in [1.54, 1.807) is 4.90 Å². The fraction of sp³-hybridized carbons (Fsp3) is 0.333. The second-order valence-electron chi connectivity index (χ2n) is 6.63. The van der Waals surface area contributed by atoms with Crippen molar-refractivity contribution in [2.75, 3.05) is 19.7 Å². The molecule has 5 heteroatoms. The van der Waals surface area contributed by atoms with Gasteiger partial charge in [0.2, 0.25) is 0 Å². The van der Waals surface area contributed by atoms with E-state index in [-0.39, 0.29) is 30.0 Å². The summed E-state index contributed by atoms with van der Waals surface area (Å²) in [5, 5.41) is 0. The van der Waals surface area contributed by atoms with Crippen molar-refractivity contribution < 1.29 is 18.7 Å². The number of ether oxygens (including phenoxy) is 1. The maximum atomic E-state index is 13.0. The molecule has 1 saturated heterocycles. The van der Waals surface area contributed by atoms with Crippen LogP contribution in [-0.2, 0) is 4.79 Å². The number of aryl methyl sites for hydroxylation is 1. The maximum absolute atomic E-state index is 13.0. The summed E-state index contributed by atoms with van der Waals surface area (Å²) in [7, 11) is 0. The van der Waals surface area contributed by atoms with Gasteiger partial charge in [0, 0.05) is 24.6 Å². The Labute approximate surface area is 152 Å². The van der Waals surface area contributed by atoms with E-state index < -0.39 is 0 Å². The molecule has 26 heavy (non-hydrogen) atoms. The molecule has 136 valence electrons. The number of hydrogen-bond acceptors (Lipinski definition) is 3.